The first-order valence-corrected chi connectivity index (χ1v) is 11.2. The maximum atomic E-state index is 13.1. The fourth-order valence-electron chi connectivity index (χ4n) is 4.33. The van der Waals surface area contributed by atoms with Crippen LogP contribution >= 0.6 is 0 Å². The van der Waals surface area contributed by atoms with Gasteiger partial charge in [0.1, 0.15) is 0 Å². The molecule has 1 N–H and O–H groups in total. The predicted octanol–water partition coefficient (Wildman–Crippen LogP) is 2.64. The van der Waals surface area contributed by atoms with E-state index in [0.29, 0.717) is 11.4 Å². The maximum Gasteiger partial charge on any atom is 0.243 e. The molecule has 1 amide bonds. The number of rotatable bonds is 4. The van der Waals surface area contributed by atoms with Crippen molar-refractivity contribution in [3.05, 3.63) is 30.5 Å². The van der Waals surface area contributed by atoms with E-state index < -0.39 is 10.0 Å². The average molecular weight is 390 g/mol. The molecule has 6 nitrogen and oxygen atoms in total. The standard InChI is InChI=1S/C20H27N3O3S/c1-22-12-10-15-13-18(8-9-19(15)22)27(25,26)23-11-4-5-16(14-23)20(24)21-17-6-2-3-7-17/h8-10,12-13,16-17H,2-7,11,14H2,1H3,(H,21,24)/t16-/m0/s1. The molecule has 146 valence electrons. The van der Waals surface area contributed by atoms with E-state index in [1.807, 2.05) is 29.9 Å². The van der Waals surface area contributed by atoms with Crippen LogP contribution in [0.2, 0.25) is 0 Å². The molecule has 2 fully saturated rings. The van der Waals surface area contributed by atoms with Crippen LogP contribution in [0.25, 0.3) is 10.9 Å². The van der Waals surface area contributed by atoms with Gasteiger partial charge in [-0.1, -0.05) is 12.8 Å². The largest absolute Gasteiger partial charge is 0.353 e. The van der Waals surface area contributed by atoms with Crippen molar-refractivity contribution >= 4 is 26.8 Å². The summed E-state index contributed by atoms with van der Waals surface area (Å²) in [6, 6.07) is 7.43. The number of amides is 1. The Bertz CT molecular complexity index is 945. The molecule has 4 rings (SSSR count). The Labute approximate surface area is 160 Å². The highest BCUT2D eigenvalue weighted by Gasteiger charge is 2.34. The predicted molar refractivity (Wildman–Crippen MR) is 105 cm³/mol. The monoisotopic (exact) mass is 389 g/mol. The lowest BCUT2D eigenvalue weighted by atomic mass is 9.98. The summed E-state index contributed by atoms with van der Waals surface area (Å²) in [7, 11) is -1.65. The Hall–Kier alpha value is -1.86. The Morgan fingerprint density at radius 3 is 2.67 bits per heavy atom. The topological polar surface area (TPSA) is 71.4 Å². The zero-order valence-corrected chi connectivity index (χ0v) is 16.5. The van der Waals surface area contributed by atoms with Crippen LogP contribution in [0.1, 0.15) is 38.5 Å². The number of carbonyl (C=O) groups is 1. The zero-order valence-electron chi connectivity index (χ0n) is 15.7. The van der Waals surface area contributed by atoms with Gasteiger partial charge in [0.2, 0.25) is 15.9 Å². The van der Waals surface area contributed by atoms with Gasteiger partial charge in [-0.05, 0) is 49.9 Å². The van der Waals surface area contributed by atoms with E-state index in [9.17, 15) is 13.2 Å². The van der Waals surface area contributed by atoms with Gasteiger partial charge in [-0.2, -0.15) is 4.31 Å². The molecule has 1 atom stereocenters. The number of benzene rings is 1. The molecule has 0 radical (unpaired) electrons. The third-order valence-electron chi connectivity index (χ3n) is 5.95. The summed E-state index contributed by atoms with van der Waals surface area (Å²) in [5, 5.41) is 4.03. The number of nitrogens with zero attached hydrogens (tertiary/aromatic N) is 2. The highest BCUT2D eigenvalue weighted by atomic mass is 32.2. The first kappa shape index (κ1) is 18.5. The molecule has 1 saturated heterocycles. The van der Waals surface area contributed by atoms with Crippen LogP contribution < -0.4 is 5.32 Å². The summed E-state index contributed by atoms with van der Waals surface area (Å²) in [5.74, 6) is -0.241. The average Bonchev–Trinajstić information content (AvgIpc) is 3.31. The van der Waals surface area contributed by atoms with Crippen LogP contribution in [0.15, 0.2) is 35.4 Å². The lowest BCUT2D eigenvalue weighted by Gasteiger charge is -2.31. The number of nitrogens with one attached hydrogen (secondary N) is 1. The second-order valence-electron chi connectivity index (χ2n) is 7.84. The summed E-state index contributed by atoms with van der Waals surface area (Å²) < 4.78 is 29.7. The second kappa shape index (κ2) is 7.28. The van der Waals surface area contributed by atoms with Gasteiger partial charge in [0.05, 0.1) is 10.8 Å². The summed E-state index contributed by atoms with van der Waals surface area (Å²) in [5.41, 5.74) is 1.00. The molecule has 1 aliphatic carbocycles. The van der Waals surface area contributed by atoms with Crippen molar-refractivity contribution in [2.75, 3.05) is 13.1 Å². The van der Waals surface area contributed by atoms with E-state index in [-0.39, 0.29) is 24.4 Å². The Kier molecular flexibility index (Phi) is 4.99. The number of aromatic nitrogens is 1. The minimum Gasteiger partial charge on any atom is -0.353 e. The van der Waals surface area contributed by atoms with Crippen molar-refractivity contribution in [3.8, 4) is 0 Å². The number of aryl methyl sites for hydroxylation is 1. The molecule has 27 heavy (non-hydrogen) atoms. The summed E-state index contributed by atoms with van der Waals surface area (Å²) in [6.07, 6.45) is 7.80. The minimum atomic E-state index is -3.59. The number of sulfonamides is 1. The van der Waals surface area contributed by atoms with Crippen molar-refractivity contribution in [2.24, 2.45) is 13.0 Å². The molecule has 1 aliphatic heterocycles. The maximum absolute atomic E-state index is 13.1. The van der Waals surface area contributed by atoms with Gasteiger partial charge in [0.15, 0.2) is 0 Å². The Morgan fingerprint density at radius 2 is 1.89 bits per heavy atom. The van der Waals surface area contributed by atoms with Crippen molar-refractivity contribution in [1.82, 2.24) is 14.2 Å². The Balaban J connectivity index is 1.50. The van der Waals surface area contributed by atoms with E-state index in [0.717, 1.165) is 49.4 Å². The number of hydrogen-bond donors (Lipinski definition) is 1. The zero-order chi connectivity index (χ0) is 19.0. The molecule has 0 spiro atoms. The third-order valence-corrected chi connectivity index (χ3v) is 7.81. The van der Waals surface area contributed by atoms with Gasteiger partial charge in [-0.3, -0.25) is 4.79 Å². The van der Waals surface area contributed by atoms with Crippen molar-refractivity contribution in [3.63, 3.8) is 0 Å². The number of piperidine rings is 1. The van der Waals surface area contributed by atoms with Gasteiger partial charge in [-0.25, -0.2) is 8.42 Å². The molecule has 2 aliphatic rings. The molecule has 7 heteroatoms. The van der Waals surface area contributed by atoms with E-state index in [4.69, 9.17) is 0 Å². The first-order chi connectivity index (χ1) is 12.9. The number of hydrogen-bond acceptors (Lipinski definition) is 3. The molecule has 0 bridgehead atoms. The fourth-order valence-corrected chi connectivity index (χ4v) is 5.89. The summed E-state index contributed by atoms with van der Waals surface area (Å²) >= 11 is 0. The normalized spacial score (nSPS) is 22.3. The van der Waals surface area contributed by atoms with Crippen molar-refractivity contribution in [1.29, 1.82) is 0 Å². The van der Waals surface area contributed by atoms with Crippen molar-refractivity contribution < 1.29 is 13.2 Å². The highest BCUT2D eigenvalue weighted by Crippen LogP contribution is 2.27. The fraction of sp³-hybridized carbons (Fsp3) is 0.550. The molecule has 1 saturated carbocycles. The number of fused-ring (bicyclic) bond motifs is 1. The number of carbonyl (C=O) groups excluding carboxylic acids is 1. The molecular weight excluding hydrogens is 362 g/mol. The summed E-state index contributed by atoms with van der Waals surface area (Å²) in [4.78, 5) is 12.9. The molecule has 1 aromatic heterocycles. The van der Waals surface area contributed by atoms with Gasteiger partial charge in [0, 0.05) is 43.3 Å². The lowest BCUT2D eigenvalue weighted by molar-refractivity contribution is -0.126. The van der Waals surface area contributed by atoms with E-state index >= 15 is 0 Å². The van der Waals surface area contributed by atoms with Gasteiger partial charge >= 0.3 is 0 Å². The van der Waals surface area contributed by atoms with E-state index in [1.54, 1.807) is 12.1 Å². The molecular formula is C20H27N3O3S. The molecule has 1 aromatic carbocycles. The second-order valence-corrected chi connectivity index (χ2v) is 9.78. The Morgan fingerprint density at radius 1 is 1.11 bits per heavy atom. The van der Waals surface area contributed by atoms with Crippen LogP contribution in [0.5, 0.6) is 0 Å². The van der Waals surface area contributed by atoms with E-state index in [1.165, 1.54) is 4.31 Å². The smallest absolute Gasteiger partial charge is 0.243 e. The third kappa shape index (κ3) is 3.62. The van der Waals surface area contributed by atoms with Gasteiger partial charge < -0.3 is 9.88 Å². The van der Waals surface area contributed by atoms with Crippen LogP contribution in [0.4, 0.5) is 0 Å². The van der Waals surface area contributed by atoms with Crippen LogP contribution in [-0.2, 0) is 21.9 Å². The van der Waals surface area contributed by atoms with Crippen LogP contribution in [0, 0.1) is 5.92 Å². The quantitative estimate of drug-likeness (QED) is 0.874. The van der Waals surface area contributed by atoms with Gasteiger partial charge in [-0.15, -0.1) is 0 Å². The lowest BCUT2D eigenvalue weighted by Crippen LogP contribution is -2.47. The summed E-state index contributed by atoms with van der Waals surface area (Å²) in [6.45, 7) is 0.746. The van der Waals surface area contributed by atoms with Gasteiger partial charge in [0.25, 0.3) is 0 Å². The van der Waals surface area contributed by atoms with Crippen molar-refractivity contribution in [2.45, 2.75) is 49.5 Å². The molecule has 2 heterocycles. The SMILES string of the molecule is Cn1ccc2cc(S(=O)(=O)N3CCC[C@H](C(=O)NC4CCCC4)C3)ccc21. The van der Waals surface area contributed by atoms with Crippen LogP contribution in [0.3, 0.4) is 0 Å². The van der Waals surface area contributed by atoms with E-state index in [2.05, 4.69) is 5.32 Å². The first-order valence-electron chi connectivity index (χ1n) is 9.81. The van der Waals surface area contributed by atoms with Crippen LogP contribution in [-0.4, -0.2) is 42.3 Å². The minimum absolute atomic E-state index is 0.0142. The highest BCUT2D eigenvalue weighted by molar-refractivity contribution is 7.89. The molecule has 2 aromatic rings. The molecule has 0 unspecified atom stereocenters.